The van der Waals surface area contributed by atoms with Gasteiger partial charge in [0.05, 0.1) is 16.3 Å². The summed E-state index contributed by atoms with van der Waals surface area (Å²) in [5.41, 5.74) is 1.36. The predicted octanol–water partition coefficient (Wildman–Crippen LogP) is 5.45. The monoisotopic (exact) mass is 394 g/mol. The van der Waals surface area contributed by atoms with E-state index in [0.717, 1.165) is 24.0 Å². The first kappa shape index (κ1) is 22.9. The van der Waals surface area contributed by atoms with E-state index in [-0.39, 0.29) is 11.4 Å². The second-order valence-electron chi connectivity index (χ2n) is 6.51. The molecule has 1 aromatic rings. The normalized spacial score (nSPS) is 13.2. The summed E-state index contributed by atoms with van der Waals surface area (Å²) >= 11 is 3.32. The zero-order valence-electron chi connectivity index (χ0n) is 15.9. The van der Waals surface area contributed by atoms with Gasteiger partial charge in [0.25, 0.3) is 0 Å². The van der Waals surface area contributed by atoms with Crippen molar-refractivity contribution < 1.29 is 9.53 Å². The summed E-state index contributed by atoms with van der Waals surface area (Å²) in [6.07, 6.45) is 6.74. The highest BCUT2D eigenvalue weighted by Crippen LogP contribution is 2.34. The van der Waals surface area contributed by atoms with Gasteiger partial charge in [-0.1, -0.05) is 65.5 Å². The molecule has 0 aliphatic heterocycles. The lowest BCUT2D eigenvalue weighted by Crippen LogP contribution is -2.37. The fraction of sp³-hybridized carbons (Fsp3) is 0.571. The standard InChI is InChI=1S/C19H25BrO2.C2H6/c1-6-12-22-18(3,4)10-11-19(5,17(21)14-20)16-9-7-8-15(2)13-16;1-2/h1,7-9,13H,10-12,14H2,2-5H3;1-2H3. The van der Waals surface area contributed by atoms with Crippen LogP contribution in [0.25, 0.3) is 0 Å². The van der Waals surface area contributed by atoms with Crippen LogP contribution in [-0.2, 0) is 14.9 Å². The number of ether oxygens (including phenoxy) is 1. The molecule has 0 aliphatic rings. The lowest BCUT2D eigenvalue weighted by atomic mass is 9.73. The molecular weight excluding hydrogens is 364 g/mol. The summed E-state index contributed by atoms with van der Waals surface area (Å²) in [5.74, 6) is 2.68. The molecular formula is C21H31BrO2. The molecule has 0 heterocycles. The Labute approximate surface area is 156 Å². The van der Waals surface area contributed by atoms with E-state index in [1.165, 1.54) is 0 Å². The van der Waals surface area contributed by atoms with Gasteiger partial charge in [0.1, 0.15) is 6.61 Å². The maximum Gasteiger partial charge on any atom is 0.153 e. The molecule has 0 aromatic heterocycles. The topological polar surface area (TPSA) is 26.3 Å². The van der Waals surface area contributed by atoms with Crippen molar-refractivity contribution in [3.8, 4) is 12.3 Å². The van der Waals surface area contributed by atoms with Gasteiger partial charge in [-0.2, -0.15) is 0 Å². The summed E-state index contributed by atoms with van der Waals surface area (Å²) in [6, 6.07) is 8.17. The molecule has 0 radical (unpaired) electrons. The van der Waals surface area contributed by atoms with Crippen molar-refractivity contribution in [1.29, 1.82) is 0 Å². The average molecular weight is 395 g/mol. The fourth-order valence-corrected chi connectivity index (χ4v) is 3.06. The minimum atomic E-state index is -0.522. The molecule has 0 saturated carbocycles. The van der Waals surface area contributed by atoms with Crippen molar-refractivity contribution in [1.82, 2.24) is 0 Å². The van der Waals surface area contributed by atoms with E-state index >= 15 is 0 Å². The molecule has 0 spiro atoms. The fourth-order valence-electron chi connectivity index (χ4n) is 2.44. The first-order valence-corrected chi connectivity index (χ1v) is 9.61. The van der Waals surface area contributed by atoms with E-state index < -0.39 is 5.41 Å². The third kappa shape index (κ3) is 6.79. The molecule has 0 bridgehead atoms. The van der Waals surface area contributed by atoms with Crippen molar-refractivity contribution in [2.45, 2.75) is 65.4 Å². The van der Waals surface area contributed by atoms with Gasteiger partial charge < -0.3 is 4.74 Å². The zero-order valence-corrected chi connectivity index (χ0v) is 17.5. The van der Waals surface area contributed by atoms with Gasteiger partial charge in [0.15, 0.2) is 5.78 Å². The largest absolute Gasteiger partial charge is 0.363 e. The van der Waals surface area contributed by atoms with Gasteiger partial charge in [-0.25, -0.2) is 0 Å². The molecule has 1 rings (SSSR count). The molecule has 3 heteroatoms. The van der Waals surface area contributed by atoms with Crippen molar-refractivity contribution in [3.05, 3.63) is 35.4 Å². The summed E-state index contributed by atoms with van der Waals surface area (Å²) in [6.45, 7) is 12.4. The van der Waals surface area contributed by atoms with E-state index in [2.05, 4.69) is 27.9 Å². The number of aryl methyl sites for hydroxylation is 1. The van der Waals surface area contributed by atoms with Crippen LogP contribution in [0.15, 0.2) is 24.3 Å². The number of ketones is 1. The quantitative estimate of drug-likeness (QED) is 0.432. The first-order chi connectivity index (χ1) is 11.2. The molecule has 0 amide bonds. The van der Waals surface area contributed by atoms with Gasteiger partial charge >= 0.3 is 0 Å². The van der Waals surface area contributed by atoms with Crippen molar-refractivity contribution in [2.24, 2.45) is 0 Å². The first-order valence-electron chi connectivity index (χ1n) is 8.49. The highest BCUT2D eigenvalue weighted by molar-refractivity contribution is 9.09. The van der Waals surface area contributed by atoms with E-state index in [4.69, 9.17) is 11.2 Å². The Bertz CT molecular complexity index is 557. The number of carbonyl (C=O) groups excluding carboxylic acids is 1. The Morgan fingerprint density at radius 1 is 1.25 bits per heavy atom. The number of benzene rings is 1. The summed E-state index contributed by atoms with van der Waals surface area (Å²) < 4.78 is 5.69. The van der Waals surface area contributed by atoms with Crippen LogP contribution < -0.4 is 0 Å². The van der Waals surface area contributed by atoms with Crippen LogP contribution in [0, 0.1) is 19.3 Å². The van der Waals surface area contributed by atoms with E-state index in [0.29, 0.717) is 11.9 Å². The molecule has 1 unspecified atom stereocenters. The molecule has 24 heavy (non-hydrogen) atoms. The Hall–Kier alpha value is -1.11. The molecule has 0 aliphatic carbocycles. The lowest BCUT2D eigenvalue weighted by Gasteiger charge is -2.33. The summed E-state index contributed by atoms with van der Waals surface area (Å²) in [5, 5.41) is 0.350. The number of alkyl halides is 1. The van der Waals surface area contributed by atoms with Crippen LogP contribution in [-0.4, -0.2) is 23.3 Å². The molecule has 0 saturated heterocycles. The van der Waals surface area contributed by atoms with Gasteiger partial charge in [-0.15, -0.1) is 6.42 Å². The Balaban J connectivity index is 0.00000254. The lowest BCUT2D eigenvalue weighted by molar-refractivity contribution is -0.122. The van der Waals surface area contributed by atoms with Crippen LogP contribution in [0.3, 0.4) is 0 Å². The number of halogens is 1. The van der Waals surface area contributed by atoms with Crippen molar-refractivity contribution >= 4 is 21.7 Å². The SMILES string of the molecule is C#CCOC(C)(C)CCC(C)(C(=O)CBr)c1cccc(C)c1.CC. The van der Waals surface area contributed by atoms with Crippen molar-refractivity contribution in [3.63, 3.8) is 0 Å². The van der Waals surface area contributed by atoms with Gasteiger partial charge in [0.2, 0.25) is 0 Å². The smallest absolute Gasteiger partial charge is 0.153 e. The van der Waals surface area contributed by atoms with E-state index in [9.17, 15) is 4.79 Å². The third-order valence-corrected chi connectivity index (χ3v) is 4.67. The van der Waals surface area contributed by atoms with Gasteiger partial charge in [-0.05, 0) is 46.1 Å². The second kappa shape index (κ2) is 10.7. The number of hydrogen-bond donors (Lipinski definition) is 0. The molecule has 1 aromatic carbocycles. The third-order valence-electron chi connectivity index (χ3n) is 4.17. The summed E-state index contributed by atoms with van der Waals surface area (Å²) in [4.78, 5) is 12.6. The molecule has 0 N–H and O–H groups in total. The van der Waals surface area contributed by atoms with Gasteiger partial charge in [0, 0.05) is 0 Å². The van der Waals surface area contributed by atoms with E-state index in [1.807, 2.05) is 59.7 Å². The Kier molecular flexibility index (Phi) is 10.2. The predicted molar refractivity (Wildman–Crippen MR) is 107 cm³/mol. The Morgan fingerprint density at radius 3 is 2.38 bits per heavy atom. The second-order valence-corrected chi connectivity index (χ2v) is 7.07. The number of terminal acetylenes is 1. The Morgan fingerprint density at radius 2 is 1.88 bits per heavy atom. The highest BCUT2D eigenvalue weighted by Gasteiger charge is 2.36. The molecule has 134 valence electrons. The highest BCUT2D eigenvalue weighted by atomic mass is 79.9. The molecule has 0 fully saturated rings. The zero-order chi connectivity index (χ0) is 18.8. The molecule has 1 atom stereocenters. The average Bonchev–Trinajstić information content (AvgIpc) is 2.59. The van der Waals surface area contributed by atoms with Crippen LogP contribution in [0.1, 0.15) is 58.6 Å². The van der Waals surface area contributed by atoms with Crippen molar-refractivity contribution in [2.75, 3.05) is 11.9 Å². The number of rotatable bonds is 8. The summed E-state index contributed by atoms with van der Waals surface area (Å²) in [7, 11) is 0. The van der Waals surface area contributed by atoms with Crippen LogP contribution in [0.5, 0.6) is 0 Å². The number of Topliss-reactive ketones (excluding diaryl/α,β-unsaturated/α-hetero) is 1. The maximum absolute atomic E-state index is 12.6. The minimum Gasteiger partial charge on any atom is -0.363 e. The van der Waals surface area contributed by atoms with E-state index in [1.54, 1.807) is 0 Å². The molecule has 2 nitrogen and oxygen atoms in total. The van der Waals surface area contributed by atoms with Crippen LogP contribution >= 0.6 is 15.9 Å². The maximum atomic E-state index is 12.6. The number of carbonyl (C=O) groups is 1. The van der Waals surface area contributed by atoms with Gasteiger partial charge in [-0.3, -0.25) is 4.79 Å². The van der Waals surface area contributed by atoms with Crippen LogP contribution in [0.2, 0.25) is 0 Å². The minimum absolute atomic E-state index is 0.186. The number of hydrogen-bond acceptors (Lipinski definition) is 2. The van der Waals surface area contributed by atoms with Crippen LogP contribution in [0.4, 0.5) is 0 Å².